The van der Waals surface area contributed by atoms with Gasteiger partial charge in [0.2, 0.25) is 5.91 Å². The Morgan fingerprint density at radius 2 is 1.95 bits per heavy atom. The van der Waals surface area contributed by atoms with Gasteiger partial charge in [0.25, 0.3) is 0 Å². The number of aryl methyl sites for hydroxylation is 1. The number of carbonyl (C=O) groups is 2. The fourth-order valence-electron chi connectivity index (χ4n) is 2.40. The fourth-order valence-corrected chi connectivity index (χ4v) is 2.40. The van der Waals surface area contributed by atoms with E-state index in [2.05, 4.69) is 10.3 Å². The van der Waals surface area contributed by atoms with Crippen LogP contribution >= 0.6 is 0 Å². The fraction of sp³-hybridized carbons (Fsp3) is 0.533. The van der Waals surface area contributed by atoms with Gasteiger partial charge in [-0.15, -0.1) is 0 Å². The number of nitrogens with zero attached hydrogens (tertiary/aromatic N) is 3. The molecule has 0 atom stereocenters. The van der Waals surface area contributed by atoms with Crippen LogP contribution in [-0.4, -0.2) is 53.9 Å². The molecule has 0 saturated carbocycles. The van der Waals surface area contributed by atoms with Crippen molar-refractivity contribution in [1.29, 1.82) is 0 Å². The molecule has 1 saturated heterocycles. The minimum absolute atomic E-state index is 0.0107. The Labute approximate surface area is 125 Å². The van der Waals surface area contributed by atoms with Gasteiger partial charge in [-0.25, -0.2) is 4.79 Å². The van der Waals surface area contributed by atoms with E-state index < -0.39 is 0 Å². The Morgan fingerprint density at radius 1 is 1.29 bits per heavy atom. The van der Waals surface area contributed by atoms with Crippen LogP contribution in [0.4, 0.5) is 10.5 Å². The second kappa shape index (κ2) is 6.56. The minimum atomic E-state index is -0.0440. The Hall–Kier alpha value is -2.11. The molecule has 0 radical (unpaired) electrons. The van der Waals surface area contributed by atoms with E-state index in [1.165, 1.54) is 0 Å². The van der Waals surface area contributed by atoms with Gasteiger partial charge in [0.15, 0.2) is 0 Å². The molecule has 114 valence electrons. The van der Waals surface area contributed by atoms with Crippen LogP contribution in [0.3, 0.4) is 0 Å². The summed E-state index contributed by atoms with van der Waals surface area (Å²) >= 11 is 0. The molecule has 0 spiro atoms. The number of nitrogens with one attached hydrogen (secondary N) is 1. The van der Waals surface area contributed by atoms with Crippen LogP contribution < -0.4 is 5.32 Å². The predicted molar refractivity (Wildman–Crippen MR) is 81.0 cm³/mol. The Kier molecular flexibility index (Phi) is 4.77. The number of rotatable bonds is 2. The summed E-state index contributed by atoms with van der Waals surface area (Å²) < 4.78 is 0. The molecule has 1 N–H and O–H groups in total. The molecular formula is C15H22N4O2. The molecule has 2 rings (SSSR count). The van der Waals surface area contributed by atoms with E-state index in [1.807, 2.05) is 19.1 Å². The number of hydrogen-bond acceptors (Lipinski definition) is 3. The van der Waals surface area contributed by atoms with Crippen LogP contribution in [0.2, 0.25) is 0 Å². The zero-order chi connectivity index (χ0) is 15.4. The highest BCUT2D eigenvalue weighted by Crippen LogP contribution is 2.20. The molecule has 21 heavy (non-hydrogen) atoms. The first-order valence-electron chi connectivity index (χ1n) is 7.17. The number of aromatic nitrogens is 1. The topological polar surface area (TPSA) is 65.5 Å². The Morgan fingerprint density at radius 3 is 2.48 bits per heavy atom. The molecule has 6 heteroatoms. The van der Waals surface area contributed by atoms with E-state index in [0.29, 0.717) is 25.9 Å². The Bertz CT molecular complexity index is 505. The van der Waals surface area contributed by atoms with E-state index in [9.17, 15) is 9.59 Å². The summed E-state index contributed by atoms with van der Waals surface area (Å²) in [6.45, 7) is 3.16. The number of hydrogen-bond donors (Lipinski definition) is 1. The van der Waals surface area contributed by atoms with Gasteiger partial charge in [-0.3, -0.25) is 9.78 Å². The standard InChI is InChI=1S/C15H22N4O2/c1-11-4-5-13(10-16-11)17-14(20)12-6-8-19(9-7-12)15(21)18(2)3/h4-5,10,12H,6-9H2,1-3H3,(H,17,20). The normalized spacial score (nSPS) is 15.7. The summed E-state index contributed by atoms with van der Waals surface area (Å²) in [7, 11) is 3.48. The van der Waals surface area contributed by atoms with Crippen molar-refractivity contribution in [2.75, 3.05) is 32.5 Å². The summed E-state index contributed by atoms with van der Waals surface area (Å²) in [5.41, 5.74) is 1.64. The van der Waals surface area contributed by atoms with Crippen LogP contribution in [0.15, 0.2) is 18.3 Å². The highest BCUT2D eigenvalue weighted by atomic mass is 16.2. The number of carbonyl (C=O) groups excluding carboxylic acids is 2. The van der Waals surface area contributed by atoms with Gasteiger partial charge in [0.05, 0.1) is 11.9 Å². The van der Waals surface area contributed by atoms with Gasteiger partial charge in [-0.2, -0.15) is 0 Å². The van der Waals surface area contributed by atoms with Gasteiger partial charge >= 0.3 is 6.03 Å². The molecule has 2 heterocycles. The van der Waals surface area contributed by atoms with Gasteiger partial charge in [-0.05, 0) is 31.9 Å². The van der Waals surface area contributed by atoms with E-state index in [1.54, 1.807) is 30.1 Å². The maximum atomic E-state index is 12.2. The lowest BCUT2D eigenvalue weighted by Gasteiger charge is -2.33. The van der Waals surface area contributed by atoms with Crippen molar-refractivity contribution in [1.82, 2.24) is 14.8 Å². The summed E-state index contributed by atoms with van der Waals surface area (Å²) in [4.78, 5) is 31.6. The number of piperidine rings is 1. The maximum absolute atomic E-state index is 12.2. The zero-order valence-electron chi connectivity index (χ0n) is 12.8. The molecule has 1 fully saturated rings. The molecule has 1 aliphatic heterocycles. The van der Waals surface area contributed by atoms with E-state index >= 15 is 0 Å². The molecule has 0 aliphatic carbocycles. The van der Waals surface area contributed by atoms with Gasteiger partial charge in [0, 0.05) is 38.8 Å². The van der Waals surface area contributed by atoms with Crippen LogP contribution in [0.25, 0.3) is 0 Å². The van der Waals surface area contributed by atoms with Gasteiger partial charge in [0.1, 0.15) is 0 Å². The molecule has 6 nitrogen and oxygen atoms in total. The first-order valence-corrected chi connectivity index (χ1v) is 7.17. The number of pyridine rings is 1. The van der Waals surface area contributed by atoms with Crippen molar-refractivity contribution in [2.45, 2.75) is 19.8 Å². The van der Waals surface area contributed by atoms with E-state index in [0.717, 1.165) is 11.4 Å². The highest BCUT2D eigenvalue weighted by molar-refractivity contribution is 5.92. The molecule has 0 unspecified atom stereocenters. The van der Waals surface area contributed by atoms with Crippen molar-refractivity contribution in [3.63, 3.8) is 0 Å². The van der Waals surface area contributed by atoms with Gasteiger partial charge in [-0.1, -0.05) is 0 Å². The smallest absolute Gasteiger partial charge is 0.319 e. The van der Waals surface area contributed by atoms with E-state index in [-0.39, 0.29) is 17.9 Å². The van der Waals surface area contributed by atoms with Crippen molar-refractivity contribution in [2.24, 2.45) is 5.92 Å². The number of likely N-dealkylation sites (tertiary alicyclic amines) is 1. The quantitative estimate of drug-likeness (QED) is 0.902. The van der Waals surface area contributed by atoms with Crippen molar-refractivity contribution in [3.8, 4) is 0 Å². The molecular weight excluding hydrogens is 268 g/mol. The zero-order valence-corrected chi connectivity index (χ0v) is 12.8. The summed E-state index contributed by atoms with van der Waals surface area (Å²) in [6.07, 6.45) is 3.06. The Balaban J connectivity index is 1.86. The predicted octanol–water partition coefficient (Wildman–Crippen LogP) is 1.72. The van der Waals surface area contributed by atoms with Crippen molar-refractivity contribution in [3.05, 3.63) is 24.0 Å². The highest BCUT2D eigenvalue weighted by Gasteiger charge is 2.27. The lowest BCUT2D eigenvalue weighted by Crippen LogP contribution is -2.45. The van der Waals surface area contributed by atoms with Crippen molar-refractivity contribution < 1.29 is 9.59 Å². The van der Waals surface area contributed by atoms with E-state index in [4.69, 9.17) is 0 Å². The monoisotopic (exact) mass is 290 g/mol. The SMILES string of the molecule is Cc1ccc(NC(=O)C2CCN(C(=O)N(C)C)CC2)cn1. The third-order valence-corrected chi connectivity index (χ3v) is 3.70. The van der Waals surface area contributed by atoms with Crippen LogP contribution in [0, 0.1) is 12.8 Å². The summed E-state index contributed by atoms with van der Waals surface area (Å²) in [6, 6.07) is 3.73. The number of anilines is 1. The van der Waals surface area contributed by atoms with Gasteiger partial charge < -0.3 is 15.1 Å². The summed E-state index contributed by atoms with van der Waals surface area (Å²) in [5, 5.41) is 2.89. The molecule has 1 aliphatic rings. The van der Waals surface area contributed by atoms with Crippen LogP contribution in [-0.2, 0) is 4.79 Å². The third kappa shape index (κ3) is 3.93. The molecule has 3 amide bonds. The average molecular weight is 290 g/mol. The molecule has 1 aromatic heterocycles. The van der Waals surface area contributed by atoms with Crippen LogP contribution in [0.1, 0.15) is 18.5 Å². The largest absolute Gasteiger partial charge is 0.331 e. The number of urea groups is 1. The second-order valence-electron chi connectivity index (χ2n) is 5.62. The molecule has 0 bridgehead atoms. The first-order chi connectivity index (χ1) is 9.97. The van der Waals surface area contributed by atoms with Crippen LogP contribution in [0.5, 0.6) is 0 Å². The molecule has 1 aromatic rings. The maximum Gasteiger partial charge on any atom is 0.319 e. The number of amides is 3. The average Bonchev–Trinajstić information content (AvgIpc) is 2.49. The van der Waals surface area contributed by atoms with Crippen molar-refractivity contribution >= 4 is 17.6 Å². The summed E-state index contributed by atoms with van der Waals surface area (Å²) in [5.74, 6) is -0.0323. The lowest BCUT2D eigenvalue weighted by molar-refractivity contribution is -0.121. The third-order valence-electron chi connectivity index (χ3n) is 3.70. The first kappa shape index (κ1) is 15.3. The lowest BCUT2D eigenvalue weighted by atomic mass is 9.96. The minimum Gasteiger partial charge on any atom is -0.331 e. The molecule has 0 aromatic carbocycles. The second-order valence-corrected chi connectivity index (χ2v) is 5.62.